The Bertz CT molecular complexity index is 4740. The van der Waals surface area contributed by atoms with Gasteiger partial charge in [-0.25, -0.2) is 8.78 Å². The smallest absolute Gasteiger partial charge is 0.258 e. The molecule has 11 rings (SSSR count). The number of hydrogen-bond acceptors (Lipinski definition) is 5. The highest BCUT2D eigenvalue weighted by Gasteiger charge is 2.33. The maximum Gasteiger partial charge on any atom is 0.416 e. The number of nitro groups is 2. The van der Waals surface area contributed by atoms with Gasteiger partial charge in [0.15, 0.2) is 0 Å². The van der Waals surface area contributed by atoms with E-state index >= 15 is 0 Å². The van der Waals surface area contributed by atoms with Crippen molar-refractivity contribution < 1.29 is 31.8 Å². The molecule has 127 heavy (non-hydrogen) atoms. The maximum atomic E-state index is 13.0. The van der Waals surface area contributed by atoms with Crippen LogP contribution in [0.5, 0.6) is 0 Å². The summed E-state index contributed by atoms with van der Waals surface area (Å²) >= 11 is 27.1. The standard InChI is InChI=1S/C16H18.C11H15Cl.C11H13F3.C10H13Br.C10H12Cl2.C10H13Cl.C10H12F2.C10H13N3.2C10H13NO2/c1-13(2)12-14-8-10-16(11-9-14)15-6-4-3-5-7-15;1-8(2)6-10-5-4-9(3)11(12)7-10;1-8(2)7-9-5-3-4-6-10(9)11(12,13)14;1-8(2)7-9-3-5-10(11)6-4-9;1-7(2)6-8-9(11)4-3-5-10(8)12;1-8(2)7-9-3-5-10(11)6-4-9;1-7(2)6-8-9(11)4-3-5-10(8)12;1-8(2)7-9-3-5-10(6-4-9)12-13-11;1-8(2)7-9-3-5-10(6-4-9)11(12)13;1-8(2)7-9-5-3-4-6-10(9)11(12)13/h3-11,13H,12H2,1-2H3;4-5,7-8H,6H2,1-3H3;3-6,8H,7H2,1-2H3;3-6,8H,7H2,1-2H3;3-5,7H,6H2,1-2H3;3-6,8H,7H2,1-2H3;3-5,7H,6H2,1-2H3;3*3-6,8H,7H2,1-2H3. The molecule has 0 atom stereocenters. The van der Waals surface area contributed by atoms with Crippen LogP contribution in [0.15, 0.2) is 264 Å². The Kier molecular flexibility index (Phi) is 55.7. The number of nitro benzene ring substituents is 2. The third-order valence-electron chi connectivity index (χ3n) is 18.3. The van der Waals surface area contributed by atoms with Crippen molar-refractivity contribution in [3.8, 4) is 11.1 Å². The van der Waals surface area contributed by atoms with E-state index in [1.807, 2.05) is 113 Å². The van der Waals surface area contributed by atoms with Crippen molar-refractivity contribution in [2.45, 2.75) is 216 Å². The number of aryl methyl sites for hydroxylation is 1. The fourth-order valence-corrected chi connectivity index (χ4v) is 13.9. The number of hydrogen-bond donors (Lipinski definition) is 0. The van der Waals surface area contributed by atoms with Gasteiger partial charge in [0.2, 0.25) is 0 Å². The van der Waals surface area contributed by atoms with Crippen LogP contribution in [-0.2, 0) is 70.4 Å². The first-order chi connectivity index (χ1) is 59.8. The van der Waals surface area contributed by atoms with Gasteiger partial charge in [0.05, 0.1) is 15.4 Å². The molecule has 0 fully saturated rings. The summed E-state index contributed by atoms with van der Waals surface area (Å²) in [5.74, 6) is 4.79. The Hall–Kier alpha value is -9.18. The van der Waals surface area contributed by atoms with Crippen LogP contribution in [0.3, 0.4) is 0 Å². The zero-order valence-corrected chi connectivity index (χ0v) is 82.9. The fourth-order valence-electron chi connectivity index (χ4n) is 12.8. The van der Waals surface area contributed by atoms with E-state index in [9.17, 15) is 42.2 Å². The van der Waals surface area contributed by atoms with E-state index in [4.69, 9.17) is 51.9 Å². The molecular weight excluding hydrogens is 1750 g/mol. The molecular formula is C108H135BrCl4F5N5O4. The number of alkyl halides is 3. The summed E-state index contributed by atoms with van der Waals surface area (Å²) < 4.78 is 64.6. The quantitative estimate of drug-likeness (QED) is 0.0149. The van der Waals surface area contributed by atoms with Gasteiger partial charge in [-0.15, -0.1) is 0 Å². The number of nitrogens with zero attached hydrogens (tertiary/aromatic N) is 5. The lowest BCUT2D eigenvalue weighted by molar-refractivity contribution is -0.385. The second-order valence-corrected chi connectivity index (χ2v) is 38.2. The molecule has 11 aromatic rings. The molecule has 0 aliphatic rings. The van der Waals surface area contributed by atoms with Gasteiger partial charge in [-0.05, 0) is 258 Å². The van der Waals surface area contributed by atoms with Crippen LogP contribution < -0.4 is 0 Å². The summed E-state index contributed by atoms with van der Waals surface area (Å²) in [5.41, 5.74) is 23.0. The zero-order valence-electron chi connectivity index (χ0n) is 78.2. The molecule has 686 valence electrons. The summed E-state index contributed by atoms with van der Waals surface area (Å²) in [5, 5.41) is 27.7. The van der Waals surface area contributed by atoms with Crippen molar-refractivity contribution >= 4 is 79.4 Å². The topological polar surface area (TPSA) is 135 Å². The van der Waals surface area contributed by atoms with Crippen LogP contribution >= 0.6 is 62.3 Å². The molecule has 0 heterocycles. The summed E-state index contributed by atoms with van der Waals surface area (Å²) in [6, 6.07) is 79.0. The van der Waals surface area contributed by atoms with Crippen molar-refractivity contribution in [1.29, 1.82) is 0 Å². The predicted octanol–water partition coefficient (Wildman–Crippen LogP) is 36.3. The average Bonchev–Trinajstić information content (AvgIpc) is 0.830. The molecule has 0 aromatic heterocycles. The summed E-state index contributed by atoms with van der Waals surface area (Å²) in [4.78, 5) is 23.0. The van der Waals surface area contributed by atoms with Gasteiger partial charge in [0, 0.05) is 64.5 Å². The molecule has 19 heteroatoms. The van der Waals surface area contributed by atoms with Crippen LogP contribution in [-0.4, -0.2) is 9.85 Å². The Morgan fingerprint density at radius 3 is 1.10 bits per heavy atom. The second kappa shape index (κ2) is 62.1. The van der Waals surface area contributed by atoms with E-state index in [2.05, 4.69) is 246 Å². The molecule has 0 N–H and O–H groups in total. The first kappa shape index (κ1) is 114. The molecule has 0 amide bonds. The van der Waals surface area contributed by atoms with Crippen molar-refractivity contribution in [1.82, 2.24) is 0 Å². The molecule has 9 nitrogen and oxygen atoms in total. The molecule has 0 saturated carbocycles. The Balaban J connectivity index is 0.000000479. The molecule has 0 unspecified atom stereocenters. The van der Waals surface area contributed by atoms with E-state index in [1.54, 1.807) is 36.4 Å². The number of rotatable bonds is 24. The normalized spacial score (nSPS) is 10.7. The van der Waals surface area contributed by atoms with E-state index in [-0.39, 0.29) is 38.6 Å². The van der Waals surface area contributed by atoms with Crippen LogP contribution in [0.25, 0.3) is 21.6 Å². The minimum Gasteiger partial charge on any atom is -0.258 e. The maximum absolute atomic E-state index is 13.0. The summed E-state index contributed by atoms with van der Waals surface area (Å²) in [6.07, 6.45) is 5.02. The molecule has 0 saturated heterocycles. The Labute approximate surface area is 785 Å². The number of halogens is 10. The Morgan fingerprint density at radius 1 is 0.362 bits per heavy atom. The van der Waals surface area contributed by atoms with Crippen molar-refractivity contribution in [3.63, 3.8) is 0 Å². The molecule has 0 radical (unpaired) electrons. The van der Waals surface area contributed by atoms with E-state index in [0.29, 0.717) is 53.7 Å². The average molecular weight is 1880 g/mol. The minimum atomic E-state index is -4.23. The molecule has 0 spiro atoms. The van der Waals surface area contributed by atoms with Crippen LogP contribution in [0.1, 0.15) is 205 Å². The monoisotopic (exact) mass is 1880 g/mol. The third-order valence-corrected chi connectivity index (χ3v) is 20.2. The summed E-state index contributed by atoms with van der Waals surface area (Å²) in [7, 11) is 0. The van der Waals surface area contributed by atoms with Crippen LogP contribution in [0, 0.1) is 98.0 Å². The highest BCUT2D eigenvalue weighted by molar-refractivity contribution is 9.10. The molecule has 11 aromatic carbocycles. The number of non-ortho nitro benzene ring substituents is 1. The summed E-state index contributed by atoms with van der Waals surface area (Å²) in [6.45, 7) is 44.6. The van der Waals surface area contributed by atoms with Crippen LogP contribution in [0.4, 0.5) is 39.0 Å². The number of para-hydroxylation sites is 1. The zero-order chi connectivity index (χ0) is 95.5. The van der Waals surface area contributed by atoms with Gasteiger partial charge >= 0.3 is 6.18 Å². The van der Waals surface area contributed by atoms with Crippen molar-refractivity contribution in [2.75, 3.05) is 0 Å². The van der Waals surface area contributed by atoms with Crippen LogP contribution in [0.2, 0.25) is 20.1 Å². The van der Waals surface area contributed by atoms with Gasteiger partial charge in [-0.3, -0.25) is 20.2 Å². The minimum absolute atomic E-state index is 0.160. The second-order valence-electron chi connectivity index (χ2n) is 35.6. The van der Waals surface area contributed by atoms with Gasteiger partial charge < -0.3 is 0 Å². The highest BCUT2D eigenvalue weighted by Crippen LogP contribution is 2.34. The number of benzene rings is 11. The molecule has 0 aliphatic carbocycles. The SMILES string of the molecule is CC(C)Cc1c(Cl)cccc1Cl.CC(C)Cc1c(F)cccc1F.CC(C)Cc1ccc(-c2ccccc2)cc1.CC(C)Cc1ccc(Br)cc1.CC(C)Cc1ccc(Cl)cc1.CC(C)Cc1ccc(N=[N+]=[N-])cc1.CC(C)Cc1ccc([N+](=O)[O-])cc1.CC(C)Cc1ccccc1C(F)(F)F.CC(C)Cc1ccccc1[N+](=O)[O-].Cc1ccc(CC(C)C)cc1Cl. The van der Waals surface area contributed by atoms with E-state index < -0.39 is 23.4 Å². The first-order valence-corrected chi connectivity index (χ1v) is 46.1. The fraction of sp³-hybridized carbons (Fsp3) is 0.389. The Morgan fingerprint density at radius 2 is 0.701 bits per heavy atom. The lowest BCUT2D eigenvalue weighted by Crippen LogP contribution is -2.10. The first-order valence-electron chi connectivity index (χ1n) is 43.8. The lowest BCUT2D eigenvalue weighted by atomic mass is 9.98. The highest BCUT2D eigenvalue weighted by atomic mass is 79.9. The van der Waals surface area contributed by atoms with Gasteiger partial charge in [-0.2, -0.15) is 13.2 Å². The number of azide groups is 1. The molecule has 0 bridgehead atoms. The van der Waals surface area contributed by atoms with Gasteiger partial charge in [0.1, 0.15) is 11.6 Å². The predicted molar refractivity (Wildman–Crippen MR) is 535 cm³/mol. The largest absolute Gasteiger partial charge is 0.416 e. The van der Waals surface area contributed by atoms with Crippen molar-refractivity contribution in [3.05, 3.63) is 388 Å². The lowest BCUT2D eigenvalue weighted by Gasteiger charge is -2.13. The van der Waals surface area contributed by atoms with Gasteiger partial charge in [-0.1, -0.05) is 382 Å². The van der Waals surface area contributed by atoms with Crippen molar-refractivity contribution in [2.24, 2.45) is 64.3 Å². The van der Waals surface area contributed by atoms with E-state index in [0.717, 1.165) is 116 Å². The third kappa shape index (κ3) is 51.6. The molecule has 0 aliphatic heterocycles. The van der Waals surface area contributed by atoms with E-state index in [1.165, 1.54) is 69.6 Å². The van der Waals surface area contributed by atoms with Gasteiger partial charge in [0.25, 0.3) is 11.4 Å².